The number of piperidine rings is 2. The quantitative estimate of drug-likeness (QED) is 0.831. The van der Waals surface area contributed by atoms with E-state index in [4.69, 9.17) is 9.72 Å². The van der Waals surface area contributed by atoms with E-state index in [-0.39, 0.29) is 11.3 Å². The predicted octanol–water partition coefficient (Wildman–Crippen LogP) is 3.40. The first-order valence-corrected chi connectivity index (χ1v) is 9.98. The number of methoxy groups -OCH3 is 1. The molecule has 5 nitrogen and oxygen atoms in total. The van der Waals surface area contributed by atoms with Gasteiger partial charge in [-0.05, 0) is 43.9 Å². The number of anilines is 1. The van der Waals surface area contributed by atoms with Gasteiger partial charge >= 0.3 is 0 Å². The maximum atomic E-state index is 12.3. The zero-order valence-electron chi connectivity index (χ0n) is 16.4. The lowest BCUT2D eigenvalue weighted by molar-refractivity contribution is -0.138. The Balaban J connectivity index is 1.57. The summed E-state index contributed by atoms with van der Waals surface area (Å²) in [6.07, 6.45) is 3.98. The Morgan fingerprint density at radius 3 is 2.93 bits per heavy atom. The fourth-order valence-electron chi connectivity index (χ4n) is 4.74. The second-order valence-corrected chi connectivity index (χ2v) is 8.15. The summed E-state index contributed by atoms with van der Waals surface area (Å²) in [5, 5.41) is 1.22. The molecule has 0 unspecified atom stereocenters. The number of fused-ring (bicyclic) bond motifs is 1. The van der Waals surface area contributed by atoms with E-state index in [1.165, 1.54) is 17.4 Å². The Labute approximate surface area is 161 Å². The van der Waals surface area contributed by atoms with Gasteiger partial charge in [0.1, 0.15) is 5.82 Å². The average molecular weight is 367 g/mol. The molecule has 0 N–H and O–H groups in total. The van der Waals surface area contributed by atoms with Crippen LogP contribution in [0.25, 0.3) is 10.9 Å². The van der Waals surface area contributed by atoms with Crippen molar-refractivity contribution in [2.45, 2.75) is 32.6 Å². The Morgan fingerprint density at radius 2 is 2.07 bits per heavy atom. The van der Waals surface area contributed by atoms with Crippen LogP contribution in [0.5, 0.6) is 0 Å². The fraction of sp³-hybridized carbons (Fsp3) is 0.545. The molecule has 0 radical (unpaired) electrons. The van der Waals surface area contributed by atoms with Gasteiger partial charge in [-0.3, -0.25) is 4.79 Å². The molecular formula is C22H29N3O2. The number of amides is 1. The van der Waals surface area contributed by atoms with Gasteiger partial charge in [0.2, 0.25) is 5.91 Å². The van der Waals surface area contributed by atoms with E-state index in [0.717, 1.165) is 43.8 Å². The number of hydrogen-bond acceptors (Lipinski definition) is 4. The van der Waals surface area contributed by atoms with Gasteiger partial charge in [0, 0.05) is 50.5 Å². The molecule has 2 aliphatic rings. The molecule has 0 bridgehead atoms. The van der Waals surface area contributed by atoms with Gasteiger partial charge in [-0.2, -0.15) is 0 Å². The molecule has 3 heterocycles. The topological polar surface area (TPSA) is 45.7 Å². The molecule has 1 spiro atoms. The Bertz CT molecular complexity index is 837. The number of ether oxygens (including phenoxy) is 1. The molecule has 0 saturated carbocycles. The van der Waals surface area contributed by atoms with Gasteiger partial charge in [0.05, 0.1) is 12.1 Å². The van der Waals surface area contributed by atoms with E-state index in [1.54, 1.807) is 7.11 Å². The van der Waals surface area contributed by atoms with Gasteiger partial charge in [-0.1, -0.05) is 18.2 Å². The number of rotatable bonds is 4. The summed E-state index contributed by atoms with van der Waals surface area (Å²) in [5.74, 6) is 1.35. The second-order valence-electron chi connectivity index (χ2n) is 8.15. The number of carbonyl (C=O) groups is 1. The minimum Gasteiger partial charge on any atom is -0.383 e. The van der Waals surface area contributed by atoms with Crippen LogP contribution in [-0.2, 0) is 9.53 Å². The predicted molar refractivity (Wildman–Crippen MR) is 108 cm³/mol. The van der Waals surface area contributed by atoms with Crippen LogP contribution >= 0.6 is 0 Å². The third-order valence-corrected chi connectivity index (χ3v) is 6.21. The van der Waals surface area contributed by atoms with Gasteiger partial charge in [-0.25, -0.2) is 4.98 Å². The molecule has 0 aliphatic carbocycles. The summed E-state index contributed by atoms with van der Waals surface area (Å²) in [7, 11) is 1.69. The lowest BCUT2D eigenvalue weighted by Crippen LogP contribution is -2.54. The zero-order chi connectivity index (χ0) is 18.9. The number of likely N-dealkylation sites (tertiary alicyclic amines) is 1. The number of aryl methyl sites for hydroxylation is 1. The van der Waals surface area contributed by atoms with Crippen LogP contribution in [-0.4, -0.2) is 55.7 Å². The Hall–Kier alpha value is -2.14. The third-order valence-electron chi connectivity index (χ3n) is 6.21. The van der Waals surface area contributed by atoms with E-state index in [0.29, 0.717) is 19.6 Å². The minimum absolute atomic E-state index is 0.182. The van der Waals surface area contributed by atoms with E-state index in [2.05, 4.69) is 42.2 Å². The lowest BCUT2D eigenvalue weighted by atomic mass is 9.73. The van der Waals surface area contributed by atoms with E-state index >= 15 is 0 Å². The van der Waals surface area contributed by atoms with Crippen molar-refractivity contribution in [3.8, 4) is 0 Å². The smallest absolute Gasteiger partial charge is 0.222 e. The molecule has 2 aliphatic heterocycles. The van der Waals surface area contributed by atoms with Gasteiger partial charge in [-0.15, -0.1) is 0 Å². The average Bonchev–Trinajstić information content (AvgIpc) is 2.69. The Morgan fingerprint density at radius 1 is 1.22 bits per heavy atom. The molecule has 5 heteroatoms. The van der Waals surface area contributed by atoms with E-state index in [1.807, 2.05) is 4.90 Å². The standard InChI is InChI=1S/C22H29N3O2/c1-17-14-20(23-19-7-4-3-6-18(17)19)24-11-5-9-22(15-24)10-8-21(26)25(16-22)12-13-27-2/h3-4,6-7,14H,5,8-13,15-16H2,1-2H3/t22-/m1/s1. The molecule has 4 rings (SSSR count). The highest BCUT2D eigenvalue weighted by molar-refractivity contribution is 5.84. The summed E-state index contributed by atoms with van der Waals surface area (Å²) >= 11 is 0. The maximum absolute atomic E-state index is 12.3. The van der Waals surface area contributed by atoms with Crippen LogP contribution in [0.3, 0.4) is 0 Å². The van der Waals surface area contributed by atoms with Gasteiger partial charge in [0.15, 0.2) is 0 Å². The number of para-hydroxylation sites is 1. The van der Waals surface area contributed by atoms with Crippen molar-refractivity contribution in [1.82, 2.24) is 9.88 Å². The normalized spacial score (nSPS) is 23.4. The largest absolute Gasteiger partial charge is 0.383 e. The van der Waals surface area contributed by atoms with E-state index < -0.39 is 0 Å². The molecule has 1 aromatic heterocycles. The number of nitrogens with zero attached hydrogens (tertiary/aromatic N) is 3. The molecule has 1 aromatic carbocycles. The molecular weight excluding hydrogens is 338 g/mol. The third kappa shape index (κ3) is 3.65. The highest BCUT2D eigenvalue weighted by Crippen LogP contribution is 2.40. The first-order valence-electron chi connectivity index (χ1n) is 9.98. The van der Waals surface area contributed by atoms with Crippen LogP contribution in [0.2, 0.25) is 0 Å². The molecule has 27 heavy (non-hydrogen) atoms. The molecule has 144 valence electrons. The fourth-order valence-corrected chi connectivity index (χ4v) is 4.74. The molecule has 1 atom stereocenters. The first kappa shape index (κ1) is 18.2. The summed E-state index contributed by atoms with van der Waals surface area (Å²) in [4.78, 5) is 21.7. The summed E-state index contributed by atoms with van der Waals surface area (Å²) in [6, 6.07) is 10.6. The molecule has 2 saturated heterocycles. The van der Waals surface area contributed by atoms with Crippen LogP contribution < -0.4 is 4.90 Å². The van der Waals surface area contributed by atoms with Crippen molar-refractivity contribution < 1.29 is 9.53 Å². The lowest BCUT2D eigenvalue weighted by Gasteiger charge is -2.48. The summed E-state index contributed by atoms with van der Waals surface area (Å²) in [6.45, 7) is 6.34. The molecule has 1 amide bonds. The molecule has 2 aromatic rings. The zero-order valence-corrected chi connectivity index (χ0v) is 16.4. The number of hydrogen-bond donors (Lipinski definition) is 0. The highest BCUT2D eigenvalue weighted by atomic mass is 16.5. The monoisotopic (exact) mass is 367 g/mol. The van der Waals surface area contributed by atoms with Crippen molar-refractivity contribution in [3.63, 3.8) is 0 Å². The number of aromatic nitrogens is 1. The maximum Gasteiger partial charge on any atom is 0.222 e. The van der Waals surface area contributed by atoms with Crippen molar-refractivity contribution in [3.05, 3.63) is 35.9 Å². The van der Waals surface area contributed by atoms with Crippen LogP contribution in [0, 0.1) is 12.3 Å². The Kier molecular flexibility index (Phi) is 5.04. The SMILES string of the molecule is COCCN1C[C@]2(CCCN(c3cc(C)c4ccccc4n3)C2)CCC1=O. The summed E-state index contributed by atoms with van der Waals surface area (Å²) in [5.41, 5.74) is 2.52. The second kappa shape index (κ2) is 7.47. The number of benzene rings is 1. The van der Waals surface area contributed by atoms with Gasteiger partial charge in [0.25, 0.3) is 0 Å². The van der Waals surface area contributed by atoms with Crippen LogP contribution in [0.4, 0.5) is 5.82 Å². The van der Waals surface area contributed by atoms with Crippen molar-refractivity contribution in [2.24, 2.45) is 5.41 Å². The number of pyridine rings is 1. The number of carbonyl (C=O) groups excluding carboxylic acids is 1. The minimum atomic E-state index is 0.182. The van der Waals surface area contributed by atoms with Crippen molar-refractivity contribution in [1.29, 1.82) is 0 Å². The van der Waals surface area contributed by atoms with Crippen molar-refractivity contribution in [2.75, 3.05) is 44.8 Å². The van der Waals surface area contributed by atoms with E-state index in [9.17, 15) is 4.79 Å². The molecule has 2 fully saturated rings. The van der Waals surface area contributed by atoms with Crippen molar-refractivity contribution >= 4 is 22.6 Å². The summed E-state index contributed by atoms with van der Waals surface area (Å²) < 4.78 is 5.20. The van der Waals surface area contributed by atoms with Gasteiger partial charge < -0.3 is 14.5 Å². The van der Waals surface area contributed by atoms with Crippen LogP contribution in [0.15, 0.2) is 30.3 Å². The first-order chi connectivity index (χ1) is 13.1. The van der Waals surface area contributed by atoms with Crippen LogP contribution in [0.1, 0.15) is 31.2 Å². The highest BCUT2D eigenvalue weighted by Gasteiger charge is 2.41.